The van der Waals surface area contributed by atoms with Gasteiger partial charge in [0.2, 0.25) is 0 Å². The number of rotatable bonds is 51. The van der Waals surface area contributed by atoms with Gasteiger partial charge < -0.3 is 14.2 Å². The second-order valence-electron chi connectivity index (χ2n) is 18.8. The molecule has 0 spiro atoms. The molecule has 0 aliphatic rings. The van der Waals surface area contributed by atoms with Crippen molar-refractivity contribution in [3.05, 3.63) is 24.3 Å². The summed E-state index contributed by atoms with van der Waals surface area (Å²) < 4.78 is 16.8. The van der Waals surface area contributed by atoms with E-state index in [1.165, 1.54) is 205 Å². The molecule has 0 saturated carbocycles. The second kappa shape index (κ2) is 52.5. The van der Waals surface area contributed by atoms with E-state index in [0.717, 1.165) is 57.8 Å². The van der Waals surface area contributed by atoms with Crippen molar-refractivity contribution in [3.8, 4) is 0 Å². The van der Waals surface area contributed by atoms with E-state index in [1.807, 2.05) is 0 Å². The Hall–Kier alpha value is -2.11. The monoisotopic (exact) mass is 887 g/mol. The van der Waals surface area contributed by atoms with Crippen molar-refractivity contribution < 1.29 is 28.6 Å². The summed E-state index contributed by atoms with van der Waals surface area (Å²) in [4.78, 5) is 37.9. The number of ether oxygens (including phenoxy) is 3. The summed E-state index contributed by atoms with van der Waals surface area (Å²) in [5.74, 6) is -0.865. The molecule has 370 valence electrons. The lowest BCUT2D eigenvalue weighted by molar-refractivity contribution is -0.167. The normalized spacial score (nSPS) is 12.1. The van der Waals surface area contributed by atoms with Crippen LogP contribution >= 0.6 is 0 Å². The molecule has 0 radical (unpaired) electrons. The van der Waals surface area contributed by atoms with Crippen LogP contribution in [0.15, 0.2) is 24.3 Å². The average molecular weight is 887 g/mol. The molecule has 0 heterocycles. The highest BCUT2D eigenvalue weighted by atomic mass is 16.6. The molecule has 0 rings (SSSR count). The largest absolute Gasteiger partial charge is 0.462 e. The van der Waals surface area contributed by atoms with Crippen LogP contribution in [0.5, 0.6) is 0 Å². The number of unbranched alkanes of at least 4 members (excludes halogenated alkanes) is 36. The molecule has 6 nitrogen and oxygen atoms in total. The summed E-state index contributed by atoms with van der Waals surface area (Å²) in [5, 5.41) is 0. The Morgan fingerprint density at radius 3 is 0.794 bits per heavy atom. The highest BCUT2D eigenvalue weighted by Crippen LogP contribution is 2.16. The lowest BCUT2D eigenvalue weighted by Gasteiger charge is -2.18. The van der Waals surface area contributed by atoms with Crippen molar-refractivity contribution >= 4 is 17.9 Å². The highest BCUT2D eigenvalue weighted by Gasteiger charge is 2.19. The summed E-state index contributed by atoms with van der Waals surface area (Å²) in [5.41, 5.74) is 0. The molecule has 63 heavy (non-hydrogen) atoms. The second-order valence-corrected chi connectivity index (χ2v) is 18.8. The van der Waals surface area contributed by atoms with Gasteiger partial charge in [-0.05, 0) is 70.6 Å². The first kappa shape index (κ1) is 60.9. The quantitative estimate of drug-likeness (QED) is 0.0262. The van der Waals surface area contributed by atoms with E-state index in [2.05, 4.69) is 45.1 Å². The minimum Gasteiger partial charge on any atom is -0.462 e. The maximum Gasteiger partial charge on any atom is 0.306 e. The Kier molecular flexibility index (Phi) is 50.8. The van der Waals surface area contributed by atoms with Crippen LogP contribution in [0.1, 0.15) is 303 Å². The zero-order valence-electron chi connectivity index (χ0n) is 42.4. The molecule has 0 aromatic carbocycles. The van der Waals surface area contributed by atoms with Crippen LogP contribution < -0.4 is 0 Å². The molecular formula is C57H106O6. The highest BCUT2D eigenvalue weighted by molar-refractivity contribution is 5.71. The molecule has 0 aromatic heterocycles. The van der Waals surface area contributed by atoms with E-state index in [1.54, 1.807) is 0 Å². The summed E-state index contributed by atoms with van der Waals surface area (Å²) in [6, 6.07) is 0. The predicted molar refractivity (Wildman–Crippen MR) is 270 cm³/mol. The molecule has 0 aromatic rings. The van der Waals surface area contributed by atoms with E-state index in [-0.39, 0.29) is 31.1 Å². The third kappa shape index (κ3) is 50.7. The number of hydrogen-bond acceptors (Lipinski definition) is 6. The minimum atomic E-state index is -0.767. The molecule has 0 fully saturated rings. The van der Waals surface area contributed by atoms with Crippen LogP contribution in [0.4, 0.5) is 0 Å². The Bertz CT molecular complexity index is 1020. The smallest absolute Gasteiger partial charge is 0.306 e. The number of carbonyl (C=O) groups excluding carboxylic acids is 3. The van der Waals surface area contributed by atoms with Gasteiger partial charge in [0.15, 0.2) is 6.10 Å². The van der Waals surface area contributed by atoms with Gasteiger partial charge in [-0.3, -0.25) is 14.4 Å². The molecule has 0 saturated heterocycles. The molecule has 6 heteroatoms. The van der Waals surface area contributed by atoms with Gasteiger partial charge in [-0.1, -0.05) is 238 Å². The summed E-state index contributed by atoms with van der Waals surface area (Å²) >= 11 is 0. The van der Waals surface area contributed by atoms with Crippen molar-refractivity contribution in [2.75, 3.05) is 13.2 Å². The minimum absolute atomic E-state index is 0.0697. The van der Waals surface area contributed by atoms with E-state index >= 15 is 0 Å². The van der Waals surface area contributed by atoms with Gasteiger partial charge in [-0.15, -0.1) is 0 Å². The van der Waals surface area contributed by atoms with Crippen LogP contribution in [-0.4, -0.2) is 37.2 Å². The van der Waals surface area contributed by atoms with E-state index < -0.39 is 6.10 Å². The standard InChI is InChI=1S/C57H106O6/c1-4-7-10-13-16-18-20-22-24-26-28-30-32-34-36-38-41-44-47-50-56(59)62-53-54(52-61-55(58)49-46-43-40-15-12-9-6-3)63-57(60)51-48-45-42-39-37-35-33-31-29-27-25-23-21-19-17-14-11-8-5-2/h22-25,54H,4-21,26-53H2,1-3H3/b24-22-,25-23-. The SMILES string of the molecule is CCCCCCCC/C=C\CCCCCCCCCCCC(=O)OCC(COC(=O)CCCCCCCCC)OC(=O)CCCCCCCCCCC/C=C\CCCCCCCC. The molecule has 0 amide bonds. The first-order chi connectivity index (χ1) is 31.0. The zero-order chi connectivity index (χ0) is 45.8. The van der Waals surface area contributed by atoms with Crippen LogP contribution in [0.3, 0.4) is 0 Å². The third-order valence-electron chi connectivity index (χ3n) is 12.4. The lowest BCUT2D eigenvalue weighted by Crippen LogP contribution is -2.30. The molecule has 1 unspecified atom stereocenters. The van der Waals surface area contributed by atoms with Gasteiger partial charge in [0.1, 0.15) is 13.2 Å². The van der Waals surface area contributed by atoms with Gasteiger partial charge in [-0.2, -0.15) is 0 Å². The molecular weight excluding hydrogens is 781 g/mol. The van der Waals surface area contributed by atoms with Gasteiger partial charge >= 0.3 is 17.9 Å². The van der Waals surface area contributed by atoms with Crippen LogP contribution in [-0.2, 0) is 28.6 Å². The van der Waals surface area contributed by atoms with Gasteiger partial charge in [0.05, 0.1) is 0 Å². The number of esters is 3. The Morgan fingerprint density at radius 2 is 0.524 bits per heavy atom. The summed E-state index contributed by atoms with van der Waals surface area (Å²) in [6.45, 7) is 6.62. The number of hydrogen-bond donors (Lipinski definition) is 0. The lowest BCUT2D eigenvalue weighted by atomic mass is 10.1. The maximum atomic E-state index is 12.8. The Labute approximate surface area is 392 Å². The Balaban J connectivity index is 4.19. The fourth-order valence-corrected chi connectivity index (χ4v) is 8.20. The predicted octanol–water partition coefficient (Wildman–Crippen LogP) is 18.3. The van der Waals surface area contributed by atoms with E-state index in [9.17, 15) is 14.4 Å². The van der Waals surface area contributed by atoms with E-state index in [0.29, 0.717) is 19.3 Å². The van der Waals surface area contributed by atoms with Crippen molar-refractivity contribution in [2.45, 2.75) is 309 Å². The summed E-state index contributed by atoms with van der Waals surface area (Å²) in [6.07, 6.45) is 60.4. The Morgan fingerprint density at radius 1 is 0.302 bits per heavy atom. The third-order valence-corrected chi connectivity index (χ3v) is 12.4. The average Bonchev–Trinajstić information content (AvgIpc) is 3.28. The number of allylic oxidation sites excluding steroid dienone is 4. The first-order valence-corrected chi connectivity index (χ1v) is 27.8. The van der Waals surface area contributed by atoms with Crippen molar-refractivity contribution in [2.24, 2.45) is 0 Å². The molecule has 0 N–H and O–H groups in total. The first-order valence-electron chi connectivity index (χ1n) is 27.8. The molecule has 0 aliphatic heterocycles. The molecule has 0 bridgehead atoms. The van der Waals surface area contributed by atoms with E-state index in [4.69, 9.17) is 14.2 Å². The maximum absolute atomic E-state index is 12.8. The van der Waals surface area contributed by atoms with Crippen LogP contribution in [0.25, 0.3) is 0 Å². The fraction of sp³-hybridized carbons (Fsp3) is 0.877. The van der Waals surface area contributed by atoms with Gasteiger partial charge in [-0.25, -0.2) is 0 Å². The molecule has 0 aliphatic carbocycles. The van der Waals surface area contributed by atoms with Crippen molar-refractivity contribution in [1.82, 2.24) is 0 Å². The zero-order valence-corrected chi connectivity index (χ0v) is 42.4. The molecule has 1 atom stereocenters. The van der Waals surface area contributed by atoms with Gasteiger partial charge in [0.25, 0.3) is 0 Å². The van der Waals surface area contributed by atoms with Crippen molar-refractivity contribution in [1.29, 1.82) is 0 Å². The van der Waals surface area contributed by atoms with Crippen LogP contribution in [0, 0.1) is 0 Å². The number of carbonyl (C=O) groups is 3. The van der Waals surface area contributed by atoms with Crippen molar-refractivity contribution in [3.63, 3.8) is 0 Å². The van der Waals surface area contributed by atoms with Crippen LogP contribution in [0.2, 0.25) is 0 Å². The summed E-state index contributed by atoms with van der Waals surface area (Å²) in [7, 11) is 0. The topological polar surface area (TPSA) is 78.9 Å². The van der Waals surface area contributed by atoms with Gasteiger partial charge in [0, 0.05) is 19.3 Å². The fourth-order valence-electron chi connectivity index (χ4n) is 8.20.